The first kappa shape index (κ1) is 25.2. The predicted octanol–water partition coefficient (Wildman–Crippen LogP) is 1.98. The average Bonchev–Trinajstić information content (AvgIpc) is 2.64. The van der Waals surface area contributed by atoms with Gasteiger partial charge in [-0.1, -0.05) is 17.7 Å². The fourth-order valence-electron chi connectivity index (χ4n) is 2.78. The molecule has 160 valence electrons. The largest absolute Gasteiger partial charge is 0.492 e. The van der Waals surface area contributed by atoms with Gasteiger partial charge in [-0.05, 0) is 32.0 Å². The molecular weight excluding hydrogens is 495 g/mol. The summed E-state index contributed by atoms with van der Waals surface area (Å²) >= 11 is 5.94. The highest BCUT2D eigenvalue weighted by atomic mass is 127. The molecule has 1 heterocycles. The molecule has 0 radical (unpaired) electrons. The maximum absolute atomic E-state index is 10.6. The quantitative estimate of drug-likeness (QED) is 0.198. The lowest BCUT2D eigenvalue weighted by molar-refractivity contribution is -0.0179. The lowest BCUT2D eigenvalue weighted by Gasteiger charge is -2.33. The molecule has 28 heavy (non-hydrogen) atoms. The van der Waals surface area contributed by atoms with Crippen LogP contribution in [-0.4, -0.2) is 80.7 Å². The summed E-state index contributed by atoms with van der Waals surface area (Å²) in [5.41, 5.74) is -0.892. The predicted molar refractivity (Wildman–Crippen MR) is 124 cm³/mol. The Labute approximate surface area is 189 Å². The molecule has 1 aromatic carbocycles. The van der Waals surface area contributed by atoms with E-state index in [1.165, 1.54) is 0 Å². The van der Waals surface area contributed by atoms with Gasteiger partial charge in [-0.3, -0.25) is 9.89 Å². The Kier molecular flexibility index (Phi) is 12.1. The molecule has 2 rings (SSSR count). The summed E-state index contributed by atoms with van der Waals surface area (Å²) in [5.74, 6) is 1.40. The number of guanidine groups is 1. The Morgan fingerprint density at radius 3 is 2.79 bits per heavy atom. The van der Waals surface area contributed by atoms with Crippen LogP contribution in [0.5, 0.6) is 5.75 Å². The zero-order valence-electron chi connectivity index (χ0n) is 16.6. The van der Waals surface area contributed by atoms with Gasteiger partial charge >= 0.3 is 0 Å². The second-order valence-electron chi connectivity index (χ2n) is 6.81. The smallest absolute Gasteiger partial charge is 0.191 e. The van der Waals surface area contributed by atoms with Gasteiger partial charge in [0.2, 0.25) is 0 Å². The molecule has 0 aliphatic carbocycles. The van der Waals surface area contributed by atoms with E-state index >= 15 is 0 Å². The average molecular weight is 527 g/mol. The molecule has 1 aliphatic rings. The number of aliphatic imine (C=N–C) groups is 1. The lowest BCUT2D eigenvalue weighted by Crippen LogP contribution is -2.48. The fourth-order valence-corrected chi connectivity index (χ4v) is 2.96. The van der Waals surface area contributed by atoms with Crippen LogP contribution in [0.3, 0.4) is 0 Å². The molecule has 1 aliphatic heterocycles. The molecule has 9 heteroatoms. The summed E-state index contributed by atoms with van der Waals surface area (Å²) in [6.07, 6.45) is 0. The van der Waals surface area contributed by atoms with Crippen LogP contribution in [0.1, 0.15) is 13.8 Å². The van der Waals surface area contributed by atoms with Crippen molar-refractivity contribution in [3.8, 4) is 5.75 Å². The van der Waals surface area contributed by atoms with E-state index in [1.807, 2.05) is 32.0 Å². The first-order valence-corrected chi connectivity index (χ1v) is 9.79. The lowest BCUT2D eigenvalue weighted by atomic mass is 10.1. The van der Waals surface area contributed by atoms with Crippen molar-refractivity contribution in [2.45, 2.75) is 19.4 Å². The third-order valence-corrected chi connectivity index (χ3v) is 4.28. The van der Waals surface area contributed by atoms with E-state index in [2.05, 4.69) is 20.5 Å². The van der Waals surface area contributed by atoms with Crippen molar-refractivity contribution in [1.82, 2.24) is 15.5 Å². The molecule has 1 fully saturated rings. The van der Waals surface area contributed by atoms with Gasteiger partial charge < -0.3 is 25.2 Å². The minimum Gasteiger partial charge on any atom is -0.492 e. The Balaban J connectivity index is 0.00000392. The second-order valence-corrected chi connectivity index (χ2v) is 7.25. The number of benzene rings is 1. The van der Waals surface area contributed by atoms with Crippen molar-refractivity contribution in [2.75, 3.05) is 59.1 Å². The van der Waals surface area contributed by atoms with Crippen LogP contribution in [0.2, 0.25) is 5.02 Å². The Morgan fingerprint density at radius 2 is 2.11 bits per heavy atom. The van der Waals surface area contributed by atoms with Crippen molar-refractivity contribution in [3.05, 3.63) is 29.3 Å². The summed E-state index contributed by atoms with van der Waals surface area (Å²) in [6, 6.07) is 7.32. The highest BCUT2D eigenvalue weighted by Crippen LogP contribution is 2.16. The standard InChI is InChI=1S/C19H31ClN4O3.HI/c1-3-21-18(22-7-10-27-17-6-4-5-16(20)13-17)23-14-19(2,25)15-24-8-11-26-12-9-24;/h4-6,13,25H,3,7-12,14-15H2,1-2H3,(H2,21,22,23);1H. The molecule has 1 unspecified atom stereocenters. The summed E-state index contributed by atoms with van der Waals surface area (Å²) in [5, 5.41) is 17.7. The Bertz CT molecular complexity index is 598. The minimum atomic E-state index is -0.892. The molecule has 0 amide bonds. The van der Waals surface area contributed by atoms with E-state index in [-0.39, 0.29) is 24.0 Å². The van der Waals surface area contributed by atoms with Crippen LogP contribution in [0.4, 0.5) is 0 Å². The van der Waals surface area contributed by atoms with Gasteiger partial charge in [-0.15, -0.1) is 24.0 Å². The normalized spacial score (nSPS) is 17.4. The highest BCUT2D eigenvalue weighted by molar-refractivity contribution is 14.0. The summed E-state index contributed by atoms with van der Waals surface area (Å²) in [7, 11) is 0. The molecule has 3 N–H and O–H groups in total. The molecule has 1 saturated heterocycles. The van der Waals surface area contributed by atoms with Gasteiger partial charge in [-0.2, -0.15) is 0 Å². The van der Waals surface area contributed by atoms with Gasteiger partial charge in [0.1, 0.15) is 12.4 Å². The van der Waals surface area contributed by atoms with Gasteiger partial charge in [0, 0.05) is 31.2 Å². The molecule has 0 bridgehead atoms. The first-order valence-electron chi connectivity index (χ1n) is 9.41. The number of ether oxygens (including phenoxy) is 2. The van der Waals surface area contributed by atoms with E-state index in [4.69, 9.17) is 21.1 Å². The summed E-state index contributed by atoms with van der Waals surface area (Å²) in [6.45, 7) is 9.66. The Morgan fingerprint density at radius 1 is 1.36 bits per heavy atom. The van der Waals surface area contributed by atoms with Gasteiger partial charge in [0.25, 0.3) is 0 Å². The van der Waals surface area contributed by atoms with Gasteiger partial charge in [0.05, 0.1) is 31.9 Å². The maximum Gasteiger partial charge on any atom is 0.191 e. The molecule has 7 nitrogen and oxygen atoms in total. The number of hydrogen-bond acceptors (Lipinski definition) is 5. The number of halogens is 2. The number of morpholine rings is 1. The van der Waals surface area contributed by atoms with Crippen LogP contribution < -0.4 is 15.4 Å². The van der Waals surface area contributed by atoms with E-state index in [1.54, 1.807) is 6.07 Å². The van der Waals surface area contributed by atoms with Gasteiger partial charge in [-0.25, -0.2) is 0 Å². The number of hydrogen-bond donors (Lipinski definition) is 3. The SMILES string of the molecule is CCNC(=NCC(C)(O)CN1CCOCC1)NCCOc1cccc(Cl)c1.I. The molecule has 1 atom stereocenters. The topological polar surface area (TPSA) is 78.4 Å². The third kappa shape index (κ3) is 10.1. The fraction of sp³-hybridized carbons (Fsp3) is 0.632. The van der Waals surface area contributed by atoms with Crippen molar-refractivity contribution in [2.24, 2.45) is 4.99 Å². The molecule has 0 aromatic heterocycles. The van der Waals surface area contributed by atoms with Crippen molar-refractivity contribution in [1.29, 1.82) is 0 Å². The van der Waals surface area contributed by atoms with E-state index < -0.39 is 5.60 Å². The maximum atomic E-state index is 10.6. The number of nitrogens with one attached hydrogen (secondary N) is 2. The van der Waals surface area contributed by atoms with E-state index in [0.29, 0.717) is 37.2 Å². The number of nitrogens with zero attached hydrogens (tertiary/aromatic N) is 2. The van der Waals surface area contributed by atoms with Crippen molar-refractivity contribution in [3.63, 3.8) is 0 Å². The first-order chi connectivity index (χ1) is 13.0. The second kappa shape index (κ2) is 13.4. The third-order valence-electron chi connectivity index (χ3n) is 4.05. The van der Waals surface area contributed by atoms with Crippen LogP contribution in [-0.2, 0) is 4.74 Å². The van der Waals surface area contributed by atoms with Gasteiger partial charge in [0.15, 0.2) is 5.96 Å². The monoisotopic (exact) mass is 526 g/mol. The highest BCUT2D eigenvalue weighted by Gasteiger charge is 2.25. The van der Waals surface area contributed by atoms with Crippen molar-refractivity contribution < 1.29 is 14.6 Å². The number of β-amino-alcohol motifs (C(OH)–C–C–N with tert-alkyl or cyclic N) is 1. The van der Waals surface area contributed by atoms with Crippen LogP contribution in [0.25, 0.3) is 0 Å². The van der Waals surface area contributed by atoms with E-state index in [0.717, 1.165) is 38.6 Å². The number of aliphatic hydroxyl groups is 1. The molecule has 0 saturated carbocycles. The molecule has 1 aromatic rings. The summed E-state index contributed by atoms with van der Waals surface area (Å²) in [4.78, 5) is 6.73. The van der Waals surface area contributed by atoms with E-state index in [9.17, 15) is 5.11 Å². The zero-order valence-corrected chi connectivity index (χ0v) is 19.7. The zero-order chi connectivity index (χ0) is 19.5. The van der Waals surface area contributed by atoms with Crippen LogP contribution in [0, 0.1) is 0 Å². The van der Waals surface area contributed by atoms with Crippen LogP contribution in [0.15, 0.2) is 29.3 Å². The molecular formula is C19H32ClIN4O3. The molecule has 0 spiro atoms. The summed E-state index contributed by atoms with van der Waals surface area (Å²) < 4.78 is 11.0. The number of rotatable bonds is 9. The Hall–Kier alpha value is -0.810. The minimum absolute atomic E-state index is 0. The van der Waals surface area contributed by atoms with Crippen molar-refractivity contribution >= 4 is 41.5 Å². The van der Waals surface area contributed by atoms with Crippen LogP contribution >= 0.6 is 35.6 Å².